The molecule has 0 unspecified atom stereocenters. The zero-order valence-electron chi connectivity index (χ0n) is 26.3. The third-order valence-electron chi connectivity index (χ3n) is 7.77. The van der Waals surface area contributed by atoms with E-state index < -0.39 is 29.7 Å². The summed E-state index contributed by atoms with van der Waals surface area (Å²) in [6, 6.07) is 22.3. The van der Waals surface area contributed by atoms with Gasteiger partial charge in [-0.3, -0.25) is 9.59 Å². The number of carbonyl (C=O) groups excluding carboxylic acids is 3. The molecule has 0 bridgehead atoms. The summed E-state index contributed by atoms with van der Waals surface area (Å²) < 4.78 is 11.0. The number of hydrogen-bond donors (Lipinski definition) is 2. The molecule has 1 saturated heterocycles. The van der Waals surface area contributed by atoms with E-state index >= 15 is 0 Å². The van der Waals surface area contributed by atoms with Crippen molar-refractivity contribution in [3.63, 3.8) is 0 Å². The second-order valence-electron chi connectivity index (χ2n) is 12.6. The maximum absolute atomic E-state index is 14.0. The Labute approximate surface area is 263 Å². The van der Waals surface area contributed by atoms with E-state index in [1.807, 2.05) is 93.6 Å². The van der Waals surface area contributed by atoms with Crippen molar-refractivity contribution in [2.24, 2.45) is 5.92 Å². The molecule has 3 aromatic carbocycles. The fourth-order valence-corrected chi connectivity index (χ4v) is 5.56. The van der Waals surface area contributed by atoms with E-state index in [9.17, 15) is 14.4 Å². The quantitative estimate of drug-likeness (QED) is 0.263. The summed E-state index contributed by atoms with van der Waals surface area (Å²) in [6.07, 6.45) is 1.52. The van der Waals surface area contributed by atoms with Crippen LogP contribution in [0.1, 0.15) is 62.5 Å². The Kier molecular flexibility index (Phi) is 9.80. The predicted octanol–water partition coefficient (Wildman–Crippen LogP) is 5.31. The van der Waals surface area contributed by atoms with Gasteiger partial charge in [-0.2, -0.15) is 4.98 Å². The minimum atomic E-state index is -0.891. The van der Waals surface area contributed by atoms with E-state index in [1.54, 1.807) is 11.8 Å². The Hall–Kier alpha value is -4.73. The number of amides is 3. The zero-order valence-corrected chi connectivity index (χ0v) is 26.3. The molecule has 1 aliphatic rings. The first-order valence-electron chi connectivity index (χ1n) is 15.4. The number of piperidine rings is 1. The molecule has 0 saturated carbocycles. The van der Waals surface area contributed by atoms with Gasteiger partial charge in [0.15, 0.2) is 5.82 Å². The number of carbonyl (C=O) groups is 3. The Bertz CT molecular complexity index is 1630. The van der Waals surface area contributed by atoms with Gasteiger partial charge in [0.1, 0.15) is 17.7 Å². The molecule has 4 aromatic rings. The third kappa shape index (κ3) is 8.68. The lowest BCUT2D eigenvalue weighted by atomic mass is 9.95. The standard InChI is InChI=1S/C35H41N5O5/c1-23-36-33(45-39-23)30(20-24-11-6-5-7-12-24)38-32(42)29(21-25-16-17-26-13-8-9-14-27(26)19-25)37-31(41)28-15-10-18-40(22-28)34(43)44-35(2,3)4/h5-9,11-14,16-17,19,28-30H,10,15,18,20-22H2,1-4H3,(H,37,41)(H,38,42)/t28-,29-,30-/m1/s1. The van der Waals surface area contributed by atoms with E-state index in [0.717, 1.165) is 21.9 Å². The van der Waals surface area contributed by atoms with E-state index in [4.69, 9.17) is 9.26 Å². The van der Waals surface area contributed by atoms with Crippen molar-refractivity contribution in [3.8, 4) is 0 Å². The molecule has 10 heteroatoms. The molecule has 0 spiro atoms. The van der Waals surface area contributed by atoms with E-state index in [2.05, 4.69) is 20.8 Å². The average molecular weight is 612 g/mol. The maximum Gasteiger partial charge on any atom is 0.410 e. The van der Waals surface area contributed by atoms with Crippen molar-refractivity contribution in [2.75, 3.05) is 13.1 Å². The molecule has 10 nitrogen and oxygen atoms in total. The lowest BCUT2D eigenvalue weighted by molar-refractivity contribution is -0.132. The number of hydrogen-bond acceptors (Lipinski definition) is 7. The van der Waals surface area contributed by atoms with E-state index in [1.165, 1.54) is 0 Å². The largest absolute Gasteiger partial charge is 0.444 e. The average Bonchev–Trinajstić information content (AvgIpc) is 3.46. The van der Waals surface area contributed by atoms with Crippen molar-refractivity contribution in [1.82, 2.24) is 25.7 Å². The van der Waals surface area contributed by atoms with Crippen LogP contribution in [0, 0.1) is 12.8 Å². The molecule has 2 heterocycles. The summed E-state index contributed by atoms with van der Waals surface area (Å²) in [6.45, 7) is 7.91. The number of likely N-dealkylation sites (tertiary alicyclic amines) is 1. The van der Waals surface area contributed by atoms with Crippen LogP contribution in [-0.2, 0) is 27.2 Å². The Balaban J connectivity index is 1.37. The lowest BCUT2D eigenvalue weighted by Crippen LogP contribution is -2.53. The SMILES string of the molecule is Cc1noc([C@@H](Cc2ccccc2)NC(=O)[C@@H](Cc2ccc3ccccc3c2)NC(=O)[C@@H]2CCCN(C(=O)OC(C)(C)C)C2)n1. The number of benzene rings is 3. The van der Waals surface area contributed by atoms with Gasteiger partial charge < -0.3 is 24.8 Å². The maximum atomic E-state index is 14.0. The van der Waals surface area contributed by atoms with E-state index in [-0.39, 0.29) is 24.8 Å². The second-order valence-corrected chi connectivity index (χ2v) is 12.6. The summed E-state index contributed by atoms with van der Waals surface area (Å²) in [5, 5.41) is 12.2. The number of nitrogens with one attached hydrogen (secondary N) is 2. The van der Waals surface area contributed by atoms with Gasteiger partial charge in [-0.05, 0) is 62.4 Å². The highest BCUT2D eigenvalue weighted by Crippen LogP contribution is 2.22. The summed E-state index contributed by atoms with van der Waals surface area (Å²) >= 11 is 0. The van der Waals surface area contributed by atoms with Crippen LogP contribution in [0.4, 0.5) is 4.79 Å². The lowest BCUT2D eigenvalue weighted by Gasteiger charge is -2.34. The minimum Gasteiger partial charge on any atom is -0.444 e. The summed E-state index contributed by atoms with van der Waals surface area (Å²) in [7, 11) is 0. The van der Waals surface area contributed by atoms with Gasteiger partial charge in [0.05, 0.1) is 5.92 Å². The first kappa shape index (κ1) is 31.7. The smallest absolute Gasteiger partial charge is 0.410 e. The summed E-state index contributed by atoms with van der Waals surface area (Å²) in [4.78, 5) is 46.5. The number of ether oxygens (including phenoxy) is 1. The topological polar surface area (TPSA) is 127 Å². The number of nitrogens with zero attached hydrogens (tertiary/aromatic N) is 3. The number of rotatable bonds is 9. The van der Waals surface area contributed by atoms with Crippen molar-refractivity contribution in [2.45, 2.75) is 71.1 Å². The highest BCUT2D eigenvalue weighted by Gasteiger charge is 2.34. The number of aromatic nitrogens is 2. The van der Waals surface area contributed by atoms with Crippen molar-refractivity contribution >= 4 is 28.7 Å². The first-order chi connectivity index (χ1) is 21.5. The molecular weight excluding hydrogens is 570 g/mol. The first-order valence-corrected chi connectivity index (χ1v) is 15.4. The van der Waals surface area contributed by atoms with E-state index in [0.29, 0.717) is 37.5 Å². The molecule has 2 N–H and O–H groups in total. The zero-order chi connectivity index (χ0) is 32.0. The van der Waals surface area contributed by atoms with Crippen LogP contribution in [-0.4, -0.2) is 57.7 Å². The van der Waals surface area contributed by atoms with Crippen LogP contribution in [0.25, 0.3) is 10.8 Å². The van der Waals surface area contributed by atoms with Gasteiger partial charge >= 0.3 is 6.09 Å². The Morgan fingerprint density at radius 2 is 1.69 bits per heavy atom. The van der Waals surface area contributed by atoms with Crippen molar-refractivity contribution < 1.29 is 23.6 Å². The van der Waals surface area contributed by atoms with Crippen LogP contribution in [0.2, 0.25) is 0 Å². The fourth-order valence-electron chi connectivity index (χ4n) is 5.56. The summed E-state index contributed by atoms with van der Waals surface area (Å²) in [5.41, 5.74) is 1.25. The van der Waals surface area contributed by atoms with Gasteiger partial charge in [-0.1, -0.05) is 78.0 Å². The van der Waals surface area contributed by atoms with Gasteiger partial charge in [0.25, 0.3) is 0 Å². The molecule has 236 valence electrons. The van der Waals surface area contributed by atoms with Gasteiger partial charge in [-0.15, -0.1) is 0 Å². The molecule has 5 rings (SSSR count). The molecule has 45 heavy (non-hydrogen) atoms. The monoisotopic (exact) mass is 611 g/mol. The summed E-state index contributed by atoms with van der Waals surface area (Å²) in [5.74, 6) is -0.367. The Morgan fingerprint density at radius 1 is 0.956 bits per heavy atom. The van der Waals surface area contributed by atoms with Gasteiger partial charge in [0.2, 0.25) is 17.7 Å². The highest BCUT2D eigenvalue weighted by molar-refractivity contribution is 5.90. The molecule has 0 aliphatic carbocycles. The fraction of sp³-hybridized carbons (Fsp3) is 0.400. The van der Waals surface area contributed by atoms with Crippen LogP contribution >= 0.6 is 0 Å². The normalized spacial score (nSPS) is 16.5. The van der Waals surface area contributed by atoms with Crippen molar-refractivity contribution in [1.29, 1.82) is 0 Å². The Morgan fingerprint density at radius 3 is 2.40 bits per heavy atom. The van der Waals surface area contributed by atoms with Gasteiger partial charge in [-0.25, -0.2) is 4.79 Å². The second kappa shape index (κ2) is 13.9. The molecule has 1 fully saturated rings. The molecular formula is C35H41N5O5. The third-order valence-corrected chi connectivity index (χ3v) is 7.77. The number of fused-ring (bicyclic) bond motifs is 1. The minimum absolute atomic E-state index is 0.225. The number of aryl methyl sites for hydroxylation is 1. The molecule has 1 aliphatic heterocycles. The molecule has 3 amide bonds. The molecule has 1 aromatic heterocycles. The molecule has 0 radical (unpaired) electrons. The molecule has 3 atom stereocenters. The predicted molar refractivity (Wildman–Crippen MR) is 170 cm³/mol. The van der Waals surface area contributed by atoms with Crippen LogP contribution in [0.5, 0.6) is 0 Å². The van der Waals surface area contributed by atoms with Crippen LogP contribution in [0.3, 0.4) is 0 Å². The highest BCUT2D eigenvalue weighted by atomic mass is 16.6. The van der Waals surface area contributed by atoms with Crippen molar-refractivity contribution in [3.05, 3.63) is 95.6 Å². The van der Waals surface area contributed by atoms with Crippen LogP contribution in [0.15, 0.2) is 77.3 Å². The van der Waals surface area contributed by atoms with Gasteiger partial charge in [0, 0.05) is 25.9 Å². The van der Waals surface area contributed by atoms with Crippen LogP contribution < -0.4 is 10.6 Å².